The Hall–Kier alpha value is -1.03. The predicted molar refractivity (Wildman–Crippen MR) is 57.5 cm³/mol. The van der Waals surface area contributed by atoms with Crippen molar-refractivity contribution >= 4 is 27.5 Å². The molecule has 0 saturated carbocycles. The topological polar surface area (TPSA) is 38.3 Å². The van der Waals surface area contributed by atoms with Crippen LogP contribution in [0.3, 0.4) is 0 Å². The molecule has 0 saturated heterocycles. The van der Waals surface area contributed by atoms with E-state index >= 15 is 0 Å². The third-order valence-corrected chi connectivity index (χ3v) is 2.51. The lowest BCUT2D eigenvalue weighted by molar-refractivity contribution is -0.117. The van der Waals surface area contributed by atoms with E-state index in [-0.39, 0.29) is 12.0 Å². The van der Waals surface area contributed by atoms with Crippen molar-refractivity contribution in [2.45, 2.75) is 19.4 Å². The van der Waals surface area contributed by atoms with E-state index in [1.54, 1.807) is 0 Å². The van der Waals surface area contributed by atoms with Gasteiger partial charge in [-0.25, -0.2) is 0 Å². The fourth-order valence-electron chi connectivity index (χ4n) is 1.42. The first kappa shape index (κ1) is 9.52. The van der Waals surface area contributed by atoms with E-state index in [1.165, 1.54) is 0 Å². The zero-order valence-corrected chi connectivity index (χ0v) is 9.30. The van der Waals surface area contributed by atoms with Crippen molar-refractivity contribution in [2.24, 2.45) is 0 Å². The molecule has 0 aliphatic carbocycles. The fraction of sp³-hybridized carbons (Fsp3) is 0.300. The molecule has 1 aromatic carbocycles. The van der Waals surface area contributed by atoms with Crippen molar-refractivity contribution in [1.29, 1.82) is 0 Å². The lowest BCUT2D eigenvalue weighted by Crippen LogP contribution is -2.17. The number of fused-ring (bicyclic) bond motifs is 1. The van der Waals surface area contributed by atoms with E-state index in [1.807, 2.05) is 25.1 Å². The second kappa shape index (κ2) is 3.61. The van der Waals surface area contributed by atoms with Crippen molar-refractivity contribution in [2.75, 3.05) is 5.32 Å². The second-order valence-corrected chi connectivity index (χ2v) is 4.24. The molecule has 3 nitrogen and oxygen atoms in total. The normalized spacial score (nSPS) is 20.4. The molecule has 0 fully saturated rings. The van der Waals surface area contributed by atoms with E-state index in [0.717, 1.165) is 15.9 Å². The molecule has 0 spiro atoms. The zero-order chi connectivity index (χ0) is 10.1. The first-order valence-electron chi connectivity index (χ1n) is 4.41. The number of amides is 1. The van der Waals surface area contributed by atoms with Gasteiger partial charge in [-0.1, -0.05) is 15.9 Å². The van der Waals surface area contributed by atoms with Crippen molar-refractivity contribution in [1.82, 2.24) is 0 Å². The summed E-state index contributed by atoms with van der Waals surface area (Å²) in [4.78, 5) is 11.3. The molecule has 74 valence electrons. The molecule has 0 bridgehead atoms. The number of rotatable bonds is 0. The highest BCUT2D eigenvalue weighted by atomic mass is 79.9. The quantitative estimate of drug-likeness (QED) is 0.774. The zero-order valence-electron chi connectivity index (χ0n) is 7.71. The van der Waals surface area contributed by atoms with Crippen LogP contribution in [0.25, 0.3) is 0 Å². The predicted octanol–water partition coefficient (Wildman–Crippen LogP) is 2.56. The Labute approximate surface area is 90.6 Å². The third kappa shape index (κ3) is 1.90. The van der Waals surface area contributed by atoms with Gasteiger partial charge in [0.15, 0.2) is 0 Å². The Morgan fingerprint density at radius 3 is 3.14 bits per heavy atom. The number of hydrogen-bond acceptors (Lipinski definition) is 2. The molecule has 4 heteroatoms. The Bertz CT molecular complexity index is 378. The Morgan fingerprint density at radius 2 is 2.36 bits per heavy atom. The average molecular weight is 256 g/mol. The lowest BCUT2D eigenvalue weighted by Gasteiger charge is -2.10. The van der Waals surface area contributed by atoms with Crippen molar-refractivity contribution < 1.29 is 9.53 Å². The molecular weight excluding hydrogens is 246 g/mol. The van der Waals surface area contributed by atoms with E-state index in [4.69, 9.17) is 4.74 Å². The largest absolute Gasteiger partial charge is 0.488 e. The highest BCUT2D eigenvalue weighted by Crippen LogP contribution is 2.31. The summed E-state index contributed by atoms with van der Waals surface area (Å²) < 4.78 is 6.54. The molecule has 1 aromatic rings. The summed E-state index contributed by atoms with van der Waals surface area (Å²) in [6.07, 6.45) is 0.317. The molecule has 1 amide bonds. The van der Waals surface area contributed by atoms with Crippen LogP contribution in [0.5, 0.6) is 5.75 Å². The van der Waals surface area contributed by atoms with Crippen LogP contribution in [0.1, 0.15) is 13.3 Å². The summed E-state index contributed by atoms with van der Waals surface area (Å²) in [6, 6.07) is 5.56. The molecule has 1 aliphatic heterocycles. The van der Waals surface area contributed by atoms with Gasteiger partial charge in [0, 0.05) is 4.47 Å². The van der Waals surface area contributed by atoms with Crippen LogP contribution in [0.4, 0.5) is 5.69 Å². The third-order valence-electron chi connectivity index (χ3n) is 2.02. The number of carbonyl (C=O) groups excluding carboxylic acids is 1. The summed E-state index contributed by atoms with van der Waals surface area (Å²) in [5, 5.41) is 2.80. The summed E-state index contributed by atoms with van der Waals surface area (Å²) >= 11 is 3.36. The van der Waals surface area contributed by atoms with Gasteiger partial charge in [-0.05, 0) is 25.1 Å². The first-order chi connectivity index (χ1) is 6.65. The molecule has 1 heterocycles. The number of ether oxygens (including phenoxy) is 1. The summed E-state index contributed by atoms with van der Waals surface area (Å²) in [5.74, 6) is 0.719. The number of carbonyl (C=O) groups is 1. The molecule has 1 N–H and O–H groups in total. The molecule has 14 heavy (non-hydrogen) atoms. The number of benzene rings is 1. The number of anilines is 1. The fourth-order valence-corrected chi connectivity index (χ4v) is 1.76. The van der Waals surface area contributed by atoms with Crippen LogP contribution in [0, 0.1) is 0 Å². The van der Waals surface area contributed by atoms with E-state index in [0.29, 0.717) is 6.42 Å². The van der Waals surface area contributed by atoms with Gasteiger partial charge in [0.1, 0.15) is 11.9 Å². The lowest BCUT2D eigenvalue weighted by atomic mass is 10.3. The maximum atomic E-state index is 11.3. The molecule has 2 rings (SSSR count). The minimum atomic E-state index is -0.0782. The molecule has 1 atom stereocenters. The van der Waals surface area contributed by atoms with Crippen LogP contribution < -0.4 is 10.1 Å². The molecule has 0 aromatic heterocycles. The highest BCUT2D eigenvalue weighted by molar-refractivity contribution is 9.10. The van der Waals surface area contributed by atoms with Gasteiger partial charge >= 0.3 is 0 Å². The number of hydrogen-bond donors (Lipinski definition) is 1. The maximum absolute atomic E-state index is 11.3. The second-order valence-electron chi connectivity index (χ2n) is 3.32. The van der Waals surface area contributed by atoms with Crippen LogP contribution in [-0.2, 0) is 4.79 Å². The van der Waals surface area contributed by atoms with E-state index < -0.39 is 0 Å². The Morgan fingerprint density at radius 1 is 1.57 bits per heavy atom. The Balaban J connectivity index is 2.41. The van der Waals surface area contributed by atoms with Crippen LogP contribution >= 0.6 is 15.9 Å². The van der Waals surface area contributed by atoms with Gasteiger partial charge in [0.2, 0.25) is 5.91 Å². The summed E-state index contributed by atoms with van der Waals surface area (Å²) in [7, 11) is 0. The highest BCUT2D eigenvalue weighted by Gasteiger charge is 2.18. The standard InChI is InChI=1S/C10H10BrNO2/c1-6-4-10(13)12-8-3-2-7(11)5-9(8)14-6/h2-3,5-6H,4H2,1H3,(H,12,13). The van der Waals surface area contributed by atoms with Gasteiger partial charge in [-0.2, -0.15) is 0 Å². The molecule has 1 aliphatic rings. The van der Waals surface area contributed by atoms with Gasteiger partial charge < -0.3 is 10.1 Å². The average Bonchev–Trinajstić information content (AvgIpc) is 2.21. The van der Waals surface area contributed by atoms with Crippen molar-refractivity contribution in [3.05, 3.63) is 22.7 Å². The monoisotopic (exact) mass is 255 g/mol. The van der Waals surface area contributed by atoms with Gasteiger partial charge in [0.05, 0.1) is 12.1 Å². The van der Waals surface area contributed by atoms with Crippen LogP contribution in [0.2, 0.25) is 0 Å². The van der Waals surface area contributed by atoms with E-state index in [2.05, 4.69) is 21.2 Å². The minimum Gasteiger partial charge on any atom is -0.488 e. The maximum Gasteiger partial charge on any atom is 0.228 e. The van der Waals surface area contributed by atoms with E-state index in [9.17, 15) is 4.79 Å². The van der Waals surface area contributed by atoms with Gasteiger partial charge in [-0.3, -0.25) is 4.79 Å². The van der Waals surface area contributed by atoms with Gasteiger partial charge in [-0.15, -0.1) is 0 Å². The first-order valence-corrected chi connectivity index (χ1v) is 5.20. The van der Waals surface area contributed by atoms with Crippen LogP contribution in [-0.4, -0.2) is 12.0 Å². The number of halogens is 1. The smallest absolute Gasteiger partial charge is 0.228 e. The van der Waals surface area contributed by atoms with Crippen molar-refractivity contribution in [3.8, 4) is 5.75 Å². The van der Waals surface area contributed by atoms with Crippen LogP contribution in [0.15, 0.2) is 22.7 Å². The summed E-state index contributed by atoms with van der Waals surface area (Å²) in [5.41, 5.74) is 0.738. The summed E-state index contributed by atoms with van der Waals surface area (Å²) in [6.45, 7) is 1.88. The minimum absolute atomic E-state index is 0.00132. The van der Waals surface area contributed by atoms with Crippen molar-refractivity contribution in [3.63, 3.8) is 0 Å². The Kier molecular flexibility index (Phi) is 2.46. The molecule has 0 radical (unpaired) electrons. The van der Waals surface area contributed by atoms with Gasteiger partial charge in [0.25, 0.3) is 0 Å². The molecular formula is C10H10BrNO2. The SMILES string of the molecule is CC1CC(=O)Nc2ccc(Br)cc2O1. The number of nitrogens with one attached hydrogen (secondary N) is 1. The molecule has 1 unspecified atom stereocenters.